The molecule has 4 aromatic heterocycles. The molecule has 0 radical (unpaired) electrons. The van der Waals surface area contributed by atoms with Crippen LogP contribution in [0.4, 0.5) is 17.3 Å². The van der Waals surface area contributed by atoms with E-state index in [-0.39, 0.29) is 5.91 Å². The highest BCUT2D eigenvalue weighted by atomic mass is 32.2. The monoisotopic (exact) mass is 456 g/mol. The number of aryl methyl sites for hydroxylation is 2. The van der Waals surface area contributed by atoms with Gasteiger partial charge >= 0.3 is 0 Å². The highest BCUT2D eigenvalue weighted by Gasteiger charge is 2.12. The predicted octanol–water partition coefficient (Wildman–Crippen LogP) is 4.61. The Morgan fingerprint density at radius 2 is 1.94 bits per heavy atom. The number of aromatic nitrogens is 6. The van der Waals surface area contributed by atoms with Crippen LogP contribution in [0.15, 0.2) is 77.0 Å². The van der Waals surface area contributed by atoms with Crippen LogP contribution in [0.5, 0.6) is 0 Å². The van der Waals surface area contributed by atoms with E-state index in [0.717, 1.165) is 21.7 Å². The Morgan fingerprint density at radius 3 is 2.70 bits per heavy atom. The second kappa shape index (κ2) is 8.75. The van der Waals surface area contributed by atoms with E-state index in [9.17, 15) is 4.79 Å². The summed E-state index contributed by atoms with van der Waals surface area (Å²) in [5.74, 6) is 1.12. The average Bonchev–Trinajstić information content (AvgIpc) is 3.44. The van der Waals surface area contributed by atoms with Crippen LogP contribution in [0.25, 0.3) is 5.52 Å². The number of H-pyrrole nitrogens is 1. The van der Waals surface area contributed by atoms with Crippen LogP contribution in [0.3, 0.4) is 0 Å². The van der Waals surface area contributed by atoms with Crippen molar-refractivity contribution in [1.82, 2.24) is 29.8 Å². The fraction of sp³-hybridized carbons (Fsp3) is 0.0870. The number of nitrogens with zero attached hydrogens (tertiary/aromatic N) is 5. The lowest BCUT2D eigenvalue weighted by molar-refractivity contribution is 0.102. The van der Waals surface area contributed by atoms with E-state index in [4.69, 9.17) is 0 Å². The van der Waals surface area contributed by atoms with Gasteiger partial charge in [0.2, 0.25) is 5.16 Å². The molecule has 33 heavy (non-hydrogen) atoms. The number of rotatable bonds is 6. The maximum absolute atomic E-state index is 12.5. The lowest BCUT2D eigenvalue weighted by atomic mass is 10.2. The molecule has 9 nitrogen and oxygen atoms in total. The fourth-order valence-electron chi connectivity index (χ4n) is 3.28. The third kappa shape index (κ3) is 4.55. The van der Waals surface area contributed by atoms with Crippen molar-refractivity contribution in [1.29, 1.82) is 0 Å². The molecule has 0 saturated carbocycles. The Balaban J connectivity index is 1.33. The van der Waals surface area contributed by atoms with E-state index in [2.05, 4.69) is 35.9 Å². The van der Waals surface area contributed by atoms with Gasteiger partial charge in [0, 0.05) is 34.7 Å². The number of anilines is 3. The number of aromatic amines is 1. The van der Waals surface area contributed by atoms with Gasteiger partial charge in [-0.3, -0.25) is 14.9 Å². The molecule has 1 aromatic carbocycles. The Bertz CT molecular complexity index is 1440. The van der Waals surface area contributed by atoms with Crippen LogP contribution in [0.1, 0.15) is 21.7 Å². The van der Waals surface area contributed by atoms with Crippen molar-refractivity contribution in [2.45, 2.75) is 23.9 Å². The van der Waals surface area contributed by atoms with Crippen LogP contribution in [0.2, 0.25) is 0 Å². The number of amides is 1. The van der Waals surface area contributed by atoms with Crippen LogP contribution < -0.4 is 10.6 Å². The Hall–Kier alpha value is -4.18. The van der Waals surface area contributed by atoms with Crippen molar-refractivity contribution in [3.63, 3.8) is 0 Å². The molecule has 3 N–H and O–H groups in total. The van der Waals surface area contributed by atoms with Crippen molar-refractivity contribution in [2.75, 3.05) is 10.6 Å². The van der Waals surface area contributed by atoms with Gasteiger partial charge in [0.25, 0.3) is 5.91 Å². The van der Waals surface area contributed by atoms with Crippen LogP contribution in [-0.2, 0) is 0 Å². The van der Waals surface area contributed by atoms with Crippen molar-refractivity contribution >= 4 is 40.5 Å². The van der Waals surface area contributed by atoms with Crippen molar-refractivity contribution in [3.8, 4) is 0 Å². The Labute approximate surface area is 193 Å². The van der Waals surface area contributed by atoms with Crippen LogP contribution in [-0.4, -0.2) is 35.7 Å². The zero-order chi connectivity index (χ0) is 22.8. The van der Waals surface area contributed by atoms with Crippen molar-refractivity contribution < 1.29 is 4.79 Å². The standard InChI is InChI=1S/C23H20N8OS/c1-14-5-3-11-24-20(14)22(32)25-16-7-9-17(10-8-16)33-23-27-21(18-6-4-12-31(18)30-23)26-19-13-15(2)28-29-19/h3-13H,1-2H3,(H,25,32)(H2,26,27,28,29,30). The van der Waals surface area contributed by atoms with Gasteiger partial charge in [-0.15, -0.1) is 5.10 Å². The lowest BCUT2D eigenvalue weighted by Crippen LogP contribution is -2.14. The van der Waals surface area contributed by atoms with Crippen molar-refractivity contribution in [2.24, 2.45) is 0 Å². The third-order valence-electron chi connectivity index (χ3n) is 4.87. The topological polar surface area (TPSA) is 113 Å². The van der Waals surface area contributed by atoms with Gasteiger partial charge in [-0.1, -0.05) is 6.07 Å². The highest BCUT2D eigenvalue weighted by Crippen LogP contribution is 2.29. The normalized spacial score (nSPS) is 11.0. The number of carbonyl (C=O) groups is 1. The summed E-state index contributed by atoms with van der Waals surface area (Å²) in [7, 11) is 0. The molecule has 164 valence electrons. The number of hydrogen-bond donors (Lipinski definition) is 3. The summed E-state index contributed by atoms with van der Waals surface area (Å²) in [6.45, 7) is 3.80. The van der Waals surface area contributed by atoms with Gasteiger partial charge in [-0.25, -0.2) is 9.50 Å². The number of fused-ring (bicyclic) bond motifs is 1. The molecule has 0 bridgehead atoms. The minimum Gasteiger partial charge on any atom is -0.322 e. The first-order valence-corrected chi connectivity index (χ1v) is 11.0. The summed E-state index contributed by atoms with van der Waals surface area (Å²) in [6.07, 6.45) is 3.49. The maximum atomic E-state index is 12.5. The number of hydrogen-bond acceptors (Lipinski definition) is 7. The summed E-state index contributed by atoms with van der Waals surface area (Å²) in [5.41, 5.74) is 3.74. The SMILES string of the molecule is Cc1cc(Nc2nc(Sc3ccc(NC(=O)c4ncccc4C)cc3)nn3cccc23)n[nH]1. The summed E-state index contributed by atoms with van der Waals surface area (Å²) in [6, 6.07) is 17.0. The van der Waals surface area contributed by atoms with E-state index in [1.165, 1.54) is 11.8 Å². The minimum absolute atomic E-state index is 0.237. The molecular formula is C23H20N8OS. The van der Waals surface area contributed by atoms with E-state index >= 15 is 0 Å². The molecule has 1 amide bonds. The number of nitrogens with one attached hydrogen (secondary N) is 3. The molecule has 0 fully saturated rings. The molecule has 0 aliphatic rings. The predicted molar refractivity (Wildman–Crippen MR) is 127 cm³/mol. The zero-order valence-corrected chi connectivity index (χ0v) is 18.7. The number of pyridine rings is 1. The van der Waals surface area contributed by atoms with Gasteiger partial charge in [0.05, 0.1) is 0 Å². The van der Waals surface area contributed by atoms with E-state index in [1.807, 2.05) is 74.6 Å². The summed E-state index contributed by atoms with van der Waals surface area (Å²) >= 11 is 1.43. The van der Waals surface area contributed by atoms with Crippen molar-refractivity contribution in [3.05, 3.63) is 83.9 Å². The molecule has 0 atom stereocenters. The quantitative estimate of drug-likeness (QED) is 0.342. The summed E-state index contributed by atoms with van der Waals surface area (Å²) < 4.78 is 1.78. The Morgan fingerprint density at radius 1 is 1.09 bits per heavy atom. The first-order chi connectivity index (χ1) is 16.0. The number of carbonyl (C=O) groups excluding carboxylic acids is 1. The molecule has 0 spiro atoms. The van der Waals surface area contributed by atoms with Gasteiger partial charge in [-0.2, -0.15) is 5.10 Å². The molecule has 0 unspecified atom stereocenters. The largest absolute Gasteiger partial charge is 0.322 e. The summed E-state index contributed by atoms with van der Waals surface area (Å²) in [5, 5.41) is 18.4. The smallest absolute Gasteiger partial charge is 0.274 e. The highest BCUT2D eigenvalue weighted by molar-refractivity contribution is 7.99. The second-order valence-corrected chi connectivity index (χ2v) is 8.43. The van der Waals surface area contributed by atoms with E-state index < -0.39 is 0 Å². The zero-order valence-electron chi connectivity index (χ0n) is 17.9. The van der Waals surface area contributed by atoms with Crippen LogP contribution >= 0.6 is 11.8 Å². The maximum Gasteiger partial charge on any atom is 0.274 e. The number of benzene rings is 1. The lowest BCUT2D eigenvalue weighted by Gasteiger charge is -2.09. The third-order valence-corrected chi connectivity index (χ3v) is 5.73. The Kier molecular flexibility index (Phi) is 5.49. The van der Waals surface area contributed by atoms with E-state index in [0.29, 0.717) is 28.2 Å². The van der Waals surface area contributed by atoms with Gasteiger partial charge < -0.3 is 10.6 Å². The molecule has 0 aliphatic heterocycles. The second-order valence-electron chi connectivity index (χ2n) is 7.39. The first-order valence-electron chi connectivity index (χ1n) is 10.2. The van der Waals surface area contributed by atoms with Gasteiger partial charge in [0.15, 0.2) is 11.6 Å². The minimum atomic E-state index is -0.237. The molecule has 0 aliphatic carbocycles. The van der Waals surface area contributed by atoms with E-state index in [1.54, 1.807) is 10.7 Å². The molecule has 4 heterocycles. The molecule has 10 heteroatoms. The summed E-state index contributed by atoms with van der Waals surface area (Å²) in [4.78, 5) is 22.3. The molecular weight excluding hydrogens is 436 g/mol. The first kappa shape index (κ1) is 20.7. The van der Waals surface area contributed by atoms with Crippen LogP contribution in [0, 0.1) is 13.8 Å². The molecule has 5 rings (SSSR count). The fourth-order valence-corrected chi connectivity index (χ4v) is 4.03. The average molecular weight is 457 g/mol. The molecule has 5 aromatic rings. The van der Waals surface area contributed by atoms with Gasteiger partial charge in [0.1, 0.15) is 11.2 Å². The molecule has 0 saturated heterocycles. The van der Waals surface area contributed by atoms with Gasteiger partial charge in [-0.05, 0) is 73.6 Å².